The average Bonchev–Trinajstić information content (AvgIpc) is 2.89. The van der Waals surface area contributed by atoms with Crippen molar-refractivity contribution in [2.24, 2.45) is 7.05 Å². The van der Waals surface area contributed by atoms with Crippen molar-refractivity contribution < 1.29 is 47.7 Å². The third-order valence-corrected chi connectivity index (χ3v) is 6.29. The molecule has 0 atom stereocenters. The number of alkyl halides is 6. The van der Waals surface area contributed by atoms with Gasteiger partial charge in [0.05, 0.1) is 7.05 Å². The first kappa shape index (κ1) is 28.6. The minimum absolute atomic E-state index is 0.620. The van der Waals surface area contributed by atoms with E-state index < -0.39 is 31.1 Å². The van der Waals surface area contributed by atoms with Gasteiger partial charge >= 0.3 is 11.0 Å². The molecule has 0 saturated heterocycles. The molecule has 178 valence electrons. The summed E-state index contributed by atoms with van der Waals surface area (Å²) in [5.41, 5.74) is -12.4. The van der Waals surface area contributed by atoms with Crippen LogP contribution in [-0.4, -0.2) is 55.9 Å². The highest BCUT2D eigenvalue weighted by molar-refractivity contribution is 8.13. The van der Waals surface area contributed by atoms with Gasteiger partial charge in [-0.1, -0.05) is 0 Å². The maximum absolute atomic E-state index is 11.4. The van der Waals surface area contributed by atoms with Gasteiger partial charge in [-0.25, -0.2) is 26.0 Å². The first-order chi connectivity index (χ1) is 13.2. The number of aryl methyl sites for hydroxylation is 1. The maximum Gasteiger partial charge on any atom is 0.480 e. The van der Waals surface area contributed by atoms with Gasteiger partial charge < -0.3 is 4.13 Å². The normalized spacial score (nSPS) is 13.7. The van der Waals surface area contributed by atoms with Crippen molar-refractivity contribution >= 4 is 20.0 Å². The molecule has 30 heavy (non-hydrogen) atoms. The van der Waals surface area contributed by atoms with Gasteiger partial charge in [-0.2, -0.15) is 26.3 Å². The van der Waals surface area contributed by atoms with E-state index in [1.165, 1.54) is 0 Å². The van der Waals surface area contributed by atoms with Crippen LogP contribution in [0.2, 0.25) is 0 Å². The molecule has 0 saturated carbocycles. The van der Waals surface area contributed by atoms with Gasteiger partial charge in [-0.05, 0) is 27.7 Å². The summed E-state index contributed by atoms with van der Waals surface area (Å²) in [5.74, 6) is 0. The molecule has 1 aromatic rings. The van der Waals surface area contributed by atoms with Crippen LogP contribution in [0.25, 0.3) is 4.13 Å². The van der Waals surface area contributed by atoms with Gasteiger partial charge in [0.1, 0.15) is 18.9 Å². The van der Waals surface area contributed by atoms with E-state index in [2.05, 4.69) is 67.5 Å². The Morgan fingerprint density at radius 1 is 0.933 bits per heavy atom. The fraction of sp³-hybridized carbons (Fsp3) is 0.786. The van der Waals surface area contributed by atoms with Crippen molar-refractivity contribution in [3.63, 3.8) is 0 Å². The first-order valence-corrected chi connectivity index (χ1v) is 11.2. The molecule has 0 N–H and O–H groups in total. The van der Waals surface area contributed by atoms with Crippen LogP contribution in [0.15, 0.2) is 18.7 Å². The molecule has 0 radical (unpaired) electrons. The molecule has 16 heteroatoms. The van der Waals surface area contributed by atoms with Crippen molar-refractivity contribution in [1.82, 2.24) is 9.47 Å². The topological polar surface area (TPSA) is 94.4 Å². The van der Waals surface area contributed by atoms with Gasteiger partial charge in [-0.3, -0.25) is 4.90 Å². The molecule has 8 nitrogen and oxygen atoms in total. The number of sulfonamides is 2. The zero-order valence-electron chi connectivity index (χ0n) is 16.8. The molecule has 0 aliphatic rings. The van der Waals surface area contributed by atoms with Crippen molar-refractivity contribution in [2.45, 2.75) is 57.3 Å². The monoisotopic (exact) mass is 490 g/mol. The minimum atomic E-state index is -6.72. The Hall–Kier alpha value is -1.39. The Morgan fingerprint density at radius 3 is 1.60 bits per heavy atom. The van der Waals surface area contributed by atoms with Crippen LogP contribution < -0.4 is 4.57 Å². The zero-order chi connectivity index (χ0) is 24.1. The highest BCUT2D eigenvalue weighted by atomic mass is 32.3. The van der Waals surface area contributed by atoms with Gasteiger partial charge in [-0.15, -0.1) is 0 Å². The number of imidazole rings is 1. The molecule has 0 bridgehead atoms. The molecule has 1 aromatic heterocycles. The molecule has 0 fully saturated rings. The Bertz CT molecular complexity index is 827. The first-order valence-electron chi connectivity index (χ1n) is 8.35. The lowest BCUT2D eigenvalue weighted by molar-refractivity contribution is -0.671. The molecule has 0 aromatic carbocycles. The second-order valence-electron chi connectivity index (χ2n) is 6.66. The van der Waals surface area contributed by atoms with E-state index in [-0.39, 0.29) is 0 Å². The molecule has 0 unspecified atom stereocenters. The number of nitrogens with zero attached hydrogens (tertiary/aromatic N) is 4. The number of rotatable bonds is 7. The molecular formula is C14H24F6N4O4S2. The number of halogens is 6. The Balaban J connectivity index is 0.000000561. The van der Waals surface area contributed by atoms with Crippen LogP contribution in [0, 0.1) is 0 Å². The Labute approximate surface area is 171 Å². The molecular weight excluding hydrogens is 466 g/mol. The molecule has 0 amide bonds. The number of aromatic nitrogens is 2. The summed E-state index contributed by atoms with van der Waals surface area (Å²) in [6.45, 7) is 11.2. The fourth-order valence-electron chi connectivity index (χ4n) is 2.19. The van der Waals surface area contributed by atoms with Gasteiger partial charge in [0.25, 0.3) is 0 Å². The van der Waals surface area contributed by atoms with Crippen molar-refractivity contribution in [1.29, 1.82) is 0 Å². The molecule has 0 aliphatic heterocycles. The van der Waals surface area contributed by atoms with Crippen LogP contribution in [0.5, 0.6) is 0 Å². The quantitative estimate of drug-likeness (QED) is 0.433. The van der Waals surface area contributed by atoms with Crippen molar-refractivity contribution in [3.8, 4) is 0 Å². The number of hydrogen-bond acceptors (Lipinski definition) is 5. The van der Waals surface area contributed by atoms with E-state index in [4.69, 9.17) is 0 Å². The Morgan fingerprint density at radius 2 is 1.33 bits per heavy atom. The lowest BCUT2D eigenvalue weighted by Gasteiger charge is -2.29. The molecule has 1 heterocycles. The molecule has 0 spiro atoms. The molecule has 1 rings (SSSR count). The van der Waals surface area contributed by atoms with Crippen LogP contribution in [-0.2, 0) is 33.6 Å². The summed E-state index contributed by atoms with van der Waals surface area (Å²) in [7, 11) is -11.4. The maximum atomic E-state index is 11.4. The summed E-state index contributed by atoms with van der Waals surface area (Å²) in [5, 5.41) is 0. The summed E-state index contributed by atoms with van der Waals surface area (Å²) >= 11 is 0. The largest absolute Gasteiger partial charge is 0.480 e. The van der Waals surface area contributed by atoms with Crippen LogP contribution in [0.4, 0.5) is 26.3 Å². The fourth-order valence-corrected chi connectivity index (χ4v) is 3.90. The predicted molar refractivity (Wildman–Crippen MR) is 95.9 cm³/mol. The second-order valence-corrected chi connectivity index (χ2v) is 10.1. The Kier molecular flexibility index (Phi) is 9.80. The van der Waals surface area contributed by atoms with E-state index in [1.54, 1.807) is 0 Å². The van der Waals surface area contributed by atoms with E-state index in [9.17, 15) is 43.2 Å². The minimum Gasteiger partial charge on any atom is -0.421 e. The van der Waals surface area contributed by atoms with Crippen LogP contribution in [0.1, 0.15) is 27.7 Å². The summed E-state index contributed by atoms with van der Waals surface area (Å²) in [6.07, 6.45) is 6.33. The van der Waals surface area contributed by atoms with Gasteiger partial charge in [0.15, 0.2) is 20.0 Å². The summed E-state index contributed by atoms with van der Waals surface area (Å²) < 4.78 is 113. The standard InChI is InChI=1S/C12H24N3.C2F6NO4S2/c1-11(2)15(12(3)4)9-8-14-7-6-13(5)10-14;3-1(4,5)14(10,11)9-15(12,13)2(6,7)8/h6-7,10-12H,8-9H2,1-5H3;/q+1;-1. The SMILES string of the molecule is CC(C)N(CCn1cc[n+](C)c1)C(C)C.O=S(=O)([N-]S(=O)(=O)C(F)(F)F)C(F)(F)F. The van der Waals surface area contributed by atoms with Gasteiger partial charge in [0.2, 0.25) is 6.33 Å². The van der Waals surface area contributed by atoms with E-state index in [0.29, 0.717) is 12.1 Å². The zero-order valence-corrected chi connectivity index (χ0v) is 18.4. The van der Waals surface area contributed by atoms with Crippen molar-refractivity contribution in [2.75, 3.05) is 6.54 Å². The van der Waals surface area contributed by atoms with Crippen molar-refractivity contribution in [3.05, 3.63) is 22.8 Å². The smallest absolute Gasteiger partial charge is 0.421 e. The summed E-state index contributed by atoms with van der Waals surface area (Å²) in [6, 6.07) is 1.24. The third kappa shape index (κ3) is 8.77. The van der Waals surface area contributed by atoms with Crippen LogP contribution in [0.3, 0.4) is 0 Å². The van der Waals surface area contributed by atoms with Crippen LogP contribution >= 0.6 is 0 Å². The molecule has 0 aliphatic carbocycles. The lowest BCUT2D eigenvalue weighted by Crippen LogP contribution is -2.39. The average molecular weight is 490 g/mol. The van der Waals surface area contributed by atoms with Gasteiger partial charge in [0, 0.05) is 18.6 Å². The second kappa shape index (κ2) is 10.3. The third-order valence-electron chi connectivity index (χ3n) is 3.55. The van der Waals surface area contributed by atoms with E-state index >= 15 is 0 Å². The summed E-state index contributed by atoms with van der Waals surface area (Å²) in [4.78, 5) is 2.51. The van der Waals surface area contributed by atoms with E-state index in [1.807, 2.05) is 0 Å². The lowest BCUT2D eigenvalue weighted by atomic mass is 10.2. The van der Waals surface area contributed by atoms with E-state index in [0.717, 1.165) is 17.2 Å². The number of hydrogen-bond donors (Lipinski definition) is 0. The highest BCUT2D eigenvalue weighted by Crippen LogP contribution is 2.36. The highest BCUT2D eigenvalue weighted by Gasteiger charge is 2.46. The predicted octanol–water partition coefficient (Wildman–Crippen LogP) is 2.49.